The van der Waals surface area contributed by atoms with E-state index in [-0.39, 0.29) is 11.0 Å². The molecule has 1 atom stereocenters. The van der Waals surface area contributed by atoms with Gasteiger partial charge in [0.2, 0.25) is 0 Å². The van der Waals surface area contributed by atoms with Gasteiger partial charge in [0, 0.05) is 16.3 Å². The van der Waals surface area contributed by atoms with Crippen molar-refractivity contribution in [2.75, 3.05) is 0 Å². The van der Waals surface area contributed by atoms with Crippen LogP contribution in [-0.4, -0.2) is 25.8 Å². The van der Waals surface area contributed by atoms with Crippen LogP contribution < -0.4 is 0 Å². The predicted molar refractivity (Wildman–Crippen MR) is 102 cm³/mol. The van der Waals surface area contributed by atoms with Gasteiger partial charge in [-0.1, -0.05) is 41.1 Å². The fourth-order valence-electron chi connectivity index (χ4n) is 2.47. The van der Waals surface area contributed by atoms with E-state index in [9.17, 15) is 4.79 Å². The highest BCUT2D eigenvalue weighted by Gasteiger charge is 2.21. The highest BCUT2D eigenvalue weighted by atomic mass is 35.5. The number of benzene rings is 2. The number of carbonyl (C=O) groups excluding carboxylic acids is 1. The molecule has 0 aliphatic heterocycles. The minimum atomic E-state index is -0.283. The number of nitrogens with zero attached hydrogens (tertiary/aromatic N) is 3. The van der Waals surface area contributed by atoms with E-state index in [0.717, 1.165) is 11.5 Å². The molecule has 3 aromatic rings. The molecule has 0 spiro atoms. The Hall–Kier alpha value is -2.11. The second-order valence-corrected chi connectivity index (χ2v) is 7.58. The van der Waals surface area contributed by atoms with E-state index < -0.39 is 0 Å². The zero-order valence-electron chi connectivity index (χ0n) is 14.2. The number of thioether (sulfide) groups is 1. The molecule has 0 fully saturated rings. The Kier molecular flexibility index (Phi) is 5.25. The van der Waals surface area contributed by atoms with Crippen molar-refractivity contribution in [2.45, 2.75) is 31.2 Å². The average Bonchev–Trinajstić information content (AvgIpc) is 2.96. The fraction of sp³-hybridized carbons (Fsp3) is 0.211. The number of aromatic nitrogens is 3. The number of carbonyl (C=O) groups is 1. The Bertz CT molecular complexity index is 888. The summed E-state index contributed by atoms with van der Waals surface area (Å²) in [6.45, 7) is 5.83. The summed E-state index contributed by atoms with van der Waals surface area (Å²) >= 11 is 7.29. The Morgan fingerprint density at radius 3 is 2.32 bits per heavy atom. The first-order valence-corrected chi connectivity index (χ1v) is 9.17. The van der Waals surface area contributed by atoms with E-state index in [1.54, 1.807) is 24.3 Å². The lowest BCUT2D eigenvalue weighted by atomic mass is 10.1. The minimum Gasteiger partial charge on any atom is -0.293 e. The number of halogens is 1. The Morgan fingerprint density at radius 1 is 1.04 bits per heavy atom. The highest BCUT2D eigenvalue weighted by molar-refractivity contribution is 8.00. The van der Waals surface area contributed by atoms with Gasteiger partial charge < -0.3 is 0 Å². The van der Waals surface area contributed by atoms with Crippen molar-refractivity contribution in [1.29, 1.82) is 0 Å². The van der Waals surface area contributed by atoms with E-state index >= 15 is 0 Å². The molecule has 0 saturated carbocycles. The predicted octanol–water partition coefficient (Wildman–Crippen LogP) is 4.90. The molecule has 0 radical (unpaired) electrons. The number of Topliss-reactive ketones (excluding diaryl/α,β-unsaturated/α-hetero) is 1. The molecule has 0 aliphatic rings. The molecule has 6 heteroatoms. The minimum absolute atomic E-state index is 0.0396. The van der Waals surface area contributed by atoms with Crippen molar-refractivity contribution in [3.05, 3.63) is 70.5 Å². The second-order valence-electron chi connectivity index (χ2n) is 5.83. The number of rotatable bonds is 5. The van der Waals surface area contributed by atoms with Gasteiger partial charge in [0.15, 0.2) is 10.9 Å². The van der Waals surface area contributed by atoms with Gasteiger partial charge in [-0.15, -0.1) is 10.2 Å². The molecule has 0 aliphatic carbocycles. The van der Waals surface area contributed by atoms with Crippen LogP contribution in [0.5, 0.6) is 0 Å². The van der Waals surface area contributed by atoms with Crippen LogP contribution in [0.2, 0.25) is 5.02 Å². The Balaban J connectivity index is 1.84. The lowest BCUT2D eigenvalue weighted by molar-refractivity contribution is 0.0994. The maximum absolute atomic E-state index is 12.6. The summed E-state index contributed by atoms with van der Waals surface area (Å²) in [5, 5.41) is 9.46. The third kappa shape index (κ3) is 3.94. The summed E-state index contributed by atoms with van der Waals surface area (Å²) in [5.41, 5.74) is 2.82. The molecule has 0 saturated heterocycles. The monoisotopic (exact) mass is 371 g/mol. The molecule has 3 rings (SSSR count). The molecule has 25 heavy (non-hydrogen) atoms. The van der Waals surface area contributed by atoms with Gasteiger partial charge in [-0.05, 0) is 57.2 Å². The molecule has 0 amide bonds. The zero-order valence-corrected chi connectivity index (χ0v) is 15.8. The van der Waals surface area contributed by atoms with E-state index in [2.05, 4.69) is 10.2 Å². The van der Waals surface area contributed by atoms with Gasteiger partial charge in [0.05, 0.1) is 5.25 Å². The second kappa shape index (κ2) is 7.42. The van der Waals surface area contributed by atoms with Crippen LogP contribution in [0.25, 0.3) is 5.69 Å². The normalized spacial score (nSPS) is 12.2. The van der Waals surface area contributed by atoms with Crippen LogP contribution in [0.1, 0.15) is 28.7 Å². The lowest BCUT2D eigenvalue weighted by Gasteiger charge is -2.12. The van der Waals surface area contributed by atoms with Crippen molar-refractivity contribution in [3.63, 3.8) is 0 Å². The Morgan fingerprint density at radius 2 is 1.68 bits per heavy atom. The highest BCUT2D eigenvalue weighted by Crippen LogP contribution is 2.27. The van der Waals surface area contributed by atoms with E-state index in [1.165, 1.54) is 17.3 Å². The molecule has 1 aromatic heterocycles. The van der Waals surface area contributed by atoms with E-state index in [1.807, 2.05) is 49.6 Å². The maximum Gasteiger partial charge on any atom is 0.196 e. The molecule has 1 unspecified atom stereocenters. The largest absolute Gasteiger partial charge is 0.293 e. The van der Waals surface area contributed by atoms with Crippen LogP contribution in [0.15, 0.2) is 53.7 Å². The first-order valence-electron chi connectivity index (χ1n) is 7.91. The lowest BCUT2D eigenvalue weighted by Crippen LogP contribution is -2.14. The van der Waals surface area contributed by atoms with Crippen molar-refractivity contribution in [1.82, 2.24) is 14.8 Å². The van der Waals surface area contributed by atoms with Gasteiger partial charge in [0.25, 0.3) is 0 Å². The van der Waals surface area contributed by atoms with Crippen LogP contribution in [0, 0.1) is 13.8 Å². The summed E-state index contributed by atoms with van der Waals surface area (Å²) in [6, 6.07) is 15.1. The SMILES string of the molecule is Cc1ccc(-n2c(C)nnc2SC(C)C(=O)c2ccc(Cl)cc2)cc1. The third-order valence-corrected chi connectivity index (χ3v) is 5.16. The van der Waals surface area contributed by atoms with Crippen molar-refractivity contribution >= 4 is 29.1 Å². The van der Waals surface area contributed by atoms with Crippen molar-refractivity contribution < 1.29 is 4.79 Å². The molecule has 4 nitrogen and oxygen atoms in total. The first-order chi connectivity index (χ1) is 12.0. The van der Waals surface area contributed by atoms with Crippen LogP contribution in [0.4, 0.5) is 0 Å². The third-order valence-electron chi connectivity index (χ3n) is 3.87. The number of ketones is 1. The number of aryl methyl sites for hydroxylation is 2. The van der Waals surface area contributed by atoms with E-state index in [4.69, 9.17) is 11.6 Å². The maximum atomic E-state index is 12.6. The van der Waals surface area contributed by atoms with Crippen LogP contribution in [0.3, 0.4) is 0 Å². The standard InChI is InChI=1S/C19H18ClN3OS/c1-12-4-10-17(11-5-12)23-14(3)21-22-19(23)25-13(2)18(24)15-6-8-16(20)9-7-15/h4-11,13H,1-3H3. The van der Waals surface area contributed by atoms with Crippen molar-refractivity contribution in [3.8, 4) is 5.69 Å². The number of hydrogen-bond donors (Lipinski definition) is 0. The summed E-state index contributed by atoms with van der Waals surface area (Å²) in [7, 11) is 0. The molecule has 0 bridgehead atoms. The van der Waals surface area contributed by atoms with Gasteiger partial charge >= 0.3 is 0 Å². The number of hydrogen-bond acceptors (Lipinski definition) is 4. The molecular weight excluding hydrogens is 354 g/mol. The summed E-state index contributed by atoms with van der Waals surface area (Å²) in [4.78, 5) is 12.6. The molecular formula is C19H18ClN3OS. The molecule has 2 aromatic carbocycles. The fourth-order valence-corrected chi connectivity index (χ4v) is 3.59. The van der Waals surface area contributed by atoms with Crippen LogP contribution >= 0.6 is 23.4 Å². The smallest absolute Gasteiger partial charge is 0.196 e. The summed E-state index contributed by atoms with van der Waals surface area (Å²) in [6.07, 6.45) is 0. The molecule has 0 N–H and O–H groups in total. The topological polar surface area (TPSA) is 47.8 Å². The quantitative estimate of drug-likeness (QED) is 0.472. The summed E-state index contributed by atoms with van der Waals surface area (Å²) < 4.78 is 1.97. The van der Waals surface area contributed by atoms with Gasteiger partial charge in [-0.25, -0.2) is 0 Å². The molecule has 128 valence electrons. The summed E-state index contributed by atoms with van der Waals surface area (Å²) in [5.74, 6) is 0.829. The van der Waals surface area contributed by atoms with Gasteiger partial charge in [-0.3, -0.25) is 9.36 Å². The van der Waals surface area contributed by atoms with Crippen LogP contribution in [-0.2, 0) is 0 Å². The first kappa shape index (κ1) is 17.7. The van der Waals surface area contributed by atoms with Gasteiger partial charge in [-0.2, -0.15) is 0 Å². The zero-order chi connectivity index (χ0) is 18.0. The Labute approximate surface area is 156 Å². The van der Waals surface area contributed by atoms with E-state index in [0.29, 0.717) is 15.7 Å². The average molecular weight is 372 g/mol. The molecule has 1 heterocycles. The van der Waals surface area contributed by atoms with Crippen molar-refractivity contribution in [2.24, 2.45) is 0 Å². The van der Waals surface area contributed by atoms with Gasteiger partial charge in [0.1, 0.15) is 5.82 Å².